The Balaban J connectivity index is 1.14. The van der Waals surface area contributed by atoms with Crippen molar-refractivity contribution in [2.24, 2.45) is 0 Å². The van der Waals surface area contributed by atoms with Crippen LogP contribution in [0.15, 0.2) is 128 Å². The molecule has 1 atom stereocenters. The molecular formula is C46H45F5N6O2. The van der Waals surface area contributed by atoms with Gasteiger partial charge < -0.3 is 19.6 Å². The van der Waals surface area contributed by atoms with Crippen molar-refractivity contribution in [2.75, 3.05) is 62.2 Å². The predicted molar refractivity (Wildman–Crippen MR) is 218 cm³/mol. The number of anilines is 2. The summed E-state index contributed by atoms with van der Waals surface area (Å²) in [4.78, 5) is 43.3. The fraction of sp³-hybridized carbons (Fsp3) is 0.283. The summed E-state index contributed by atoms with van der Waals surface area (Å²) in [6.07, 6.45) is -0.189. The van der Waals surface area contributed by atoms with Gasteiger partial charge in [0.2, 0.25) is 11.8 Å². The van der Waals surface area contributed by atoms with Crippen LogP contribution in [0.25, 0.3) is 6.08 Å². The number of piperazine rings is 2. The normalized spacial score (nSPS) is 15.7. The molecule has 3 heterocycles. The van der Waals surface area contributed by atoms with E-state index < -0.39 is 35.3 Å². The molecule has 5 aromatic rings. The van der Waals surface area contributed by atoms with Crippen LogP contribution in [-0.2, 0) is 35.3 Å². The lowest BCUT2D eigenvalue weighted by Crippen LogP contribution is -2.56. The van der Waals surface area contributed by atoms with Crippen molar-refractivity contribution in [3.8, 4) is 0 Å². The van der Waals surface area contributed by atoms with Gasteiger partial charge in [0.1, 0.15) is 11.9 Å². The van der Waals surface area contributed by atoms with Crippen LogP contribution in [0.5, 0.6) is 0 Å². The Bertz CT molecular complexity index is 2190. The molecule has 0 spiro atoms. The Labute approximate surface area is 340 Å². The maximum absolute atomic E-state index is 14.7. The highest BCUT2D eigenvalue weighted by Crippen LogP contribution is 2.29. The first-order valence-electron chi connectivity index (χ1n) is 19.6. The first kappa shape index (κ1) is 41.1. The van der Waals surface area contributed by atoms with Crippen molar-refractivity contribution in [3.05, 3.63) is 167 Å². The zero-order valence-electron chi connectivity index (χ0n) is 32.4. The van der Waals surface area contributed by atoms with Gasteiger partial charge in [-0.05, 0) is 76.9 Å². The van der Waals surface area contributed by atoms with E-state index in [4.69, 9.17) is 0 Å². The Morgan fingerprint density at radius 2 is 1.36 bits per heavy atom. The summed E-state index contributed by atoms with van der Waals surface area (Å²) in [5.74, 6) is -2.08. The van der Waals surface area contributed by atoms with Crippen LogP contribution in [0.3, 0.4) is 0 Å². The van der Waals surface area contributed by atoms with Crippen LogP contribution >= 0.6 is 0 Å². The molecule has 59 heavy (non-hydrogen) atoms. The quantitative estimate of drug-likeness (QED) is 0.0952. The van der Waals surface area contributed by atoms with Crippen molar-refractivity contribution in [1.29, 1.82) is 0 Å². The average Bonchev–Trinajstić information content (AvgIpc) is 3.26. The van der Waals surface area contributed by atoms with E-state index in [2.05, 4.69) is 19.7 Å². The highest BCUT2D eigenvalue weighted by Gasteiger charge is 2.35. The molecule has 0 saturated carbocycles. The number of hydrogen-bond donors (Lipinski definition) is 0. The fourth-order valence-electron chi connectivity index (χ4n) is 7.53. The smallest absolute Gasteiger partial charge is 0.368 e. The number of aromatic nitrogens is 1. The number of hydrogen-bond acceptors (Lipinski definition) is 6. The van der Waals surface area contributed by atoms with Crippen LogP contribution in [0.4, 0.5) is 33.5 Å². The summed E-state index contributed by atoms with van der Waals surface area (Å²) in [6, 6.07) is 30.4. The molecular weight excluding hydrogens is 764 g/mol. The fourth-order valence-corrected chi connectivity index (χ4v) is 7.53. The van der Waals surface area contributed by atoms with Gasteiger partial charge in [-0.2, -0.15) is 13.2 Å². The summed E-state index contributed by atoms with van der Waals surface area (Å²) in [7, 11) is 0. The monoisotopic (exact) mass is 808 g/mol. The second kappa shape index (κ2) is 18.7. The first-order chi connectivity index (χ1) is 28.5. The molecule has 2 fully saturated rings. The average molecular weight is 809 g/mol. The minimum absolute atomic E-state index is 0.00201. The van der Waals surface area contributed by atoms with Gasteiger partial charge in [0, 0.05) is 89.8 Å². The summed E-state index contributed by atoms with van der Waals surface area (Å²) in [6.45, 7) is 5.83. The number of halogens is 5. The lowest BCUT2D eigenvalue weighted by molar-refractivity contribution is -0.145. The standard InChI is InChI=1S/C46H45F5N6O2/c47-40-19-13-37(30-41(40)48)31-42(45(59)56-24-22-53(23-25-56)32-35-6-2-1-3-7-35)57(44(58)20-14-34-9-15-38(16-10-34)46(49,50)51)33-36-11-17-39(18-12-36)54-26-28-55(29-27-54)43-8-4-5-21-52-43/h1-21,30,42H,22-29,31-33H2/t42-/m0/s1. The molecule has 2 amide bonds. The highest BCUT2D eigenvalue weighted by atomic mass is 19.4. The molecule has 0 N–H and O–H groups in total. The number of rotatable bonds is 12. The molecule has 0 radical (unpaired) electrons. The summed E-state index contributed by atoms with van der Waals surface area (Å²) in [5.41, 5.74) is 2.75. The largest absolute Gasteiger partial charge is 0.416 e. The van der Waals surface area contributed by atoms with Crippen molar-refractivity contribution in [1.82, 2.24) is 19.7 Å². The molecule has 0 unspecified atom stereocenters. The van der Waals surface area contributed by atoms with Crippen molar-refractivity contribution in [3.63, 3.8) is 0 Å². The maximum Gasteiger partial charge on any atom is 0.416 e. The van der Waals surface area contributed by atoms with E-state index in [1.165, 1.54) is 35.3 Å². The maximum atomic E-state index is 14.7. The highest BCUT2D eigenvalue weighted by molar-refractivity contribution is 5.96. The molecule has 2 aliphatic rings. The molecule has 2 saturated heterocycles. The van der Waals surface area contributed by atoms with E-state index in [1.807, 2.05) is 72.8 Å². The van der Waals surface area contributed by atoms with Gasteiger partial charge in [-0.3, -0.25) is 14.5 Å². The number of pyridine rings is 1. The third kappa shape index (κ3) is 10.7. The molecule has 4 aromatic carbocycles. The van der Waals surface area contributed by atoms with Gasteiger partial charge in [0.15, 0.2) is 11.6 Å². The molecule has 7 rings (SSSR count). The van der Waals surface area contributed by atoms with E-state index in [-0.39, 0.29) is 18.9 Å². The zero-order valence-corrected chi connectivity index (χ0v) is 32.4. The number of benzene rings is 4. The van der Waals surface area contributed by atoms with E-state index in [0.717, 1.165) is 79.6 Å². The lowest BCUT2D eigenvalue weighted by atomic mass is 10.0. The molecule has 0 aliphatic carbocycles. The van der Waals surface area contributed by atoms with Crippen LogP contribution in [0.2, 0.25) is 0 Å². The van der Waals surface area contributed by atoms with Gasteiger partial charge in [-0.25, -0.2) is 13.8 Å². The van der Waals surface area contributed by atoms with Crippen LogP contribution < -0.4 is 9.80 Å². The topological polar surface area (TPSA) is 63.2 Å². The molecule has 1 aromatic heterocycles. The van der Waals surface area contributed by atoms with Gasteiger partial charge in [0.05, 0.1) is 5.56 Å². The third-order valence-corrected chi connectivity index (χ3v) is 10.9. The molecule has 13 heteroatoms. The zero-order chi connectivity index (χ0) is 41.4. The molecule has 0 bridgehead atoms. The van der Waals surface area contributed by atoms with Crippen LogP contribution in [0.1, 0.15) is 27.8 Å². The predicted octanol–water partition coefficient (Wildman–Crippen LogP) is 7.70. The third-order valence-electron chi connectivity index (χ3n) is 10.9. The number of amides is 2. The minimum atomic E-state index is -4.52. The van der Waals surface area contributed by atoms with Crippen LogP contribution in [-0.4, -0.2) is 89.9 Å². The van der Waals surface area contributed by atoms with E-state index in [1.54, 1.807) is 11.1 Å². The second-order valence-electron chi connectivity index (χ2n) is 14.8. The molecule has 2 aliphatic heterocycles. The summed E-state index contributed by atoms with van der Waals surface area (Å²) < 4.78 is 68.4. The lowest BCUT2D eigenvalue weighted by Gasteiger charge is -2.39. The summed E-state index contributed by atoms with van der Waals surface area (Å²) >= 11 is 0. The first-order valence-corrected chi connectivity index (χ1v) is 19.6. The van der Waals surface area contributed by atoms with Gasteiger partial charge in [-0.15, -0.1) is 0 Å². The number of carbonyl (C=O) groups excluding carboxylic acids is 2. The number of nitrogens with zero attached hydrogens (tertiary/aromatic N) is 6. The van der Waals surface area contributed by atoms with Gasteiger partial charge >= 0.3 is 6.18 Å². The Morgan fingerprint density at radius 3 is 2.00 bits per heavy atom. The Kier molecular flexibility index (Phi) is 13.0. The minimum Gasteiger partial charge on any atom is -0.368 e. The Hall–Kier alpha value is -6.08. The summed E-state index contributed by atoms with van der Waals surface area (Å²) in [5, 5.41) is 0. The molecule has 306 valence electrons. The van der Waals surface area contributed by atoms with Crippen molar-refractivity contribution in [2.45, 2.75) is 31.7 Å². The SMILES string of the molecule is O=C([C@H](Cc1ccc(F)c(F)c1)N(Cc1ccc(N2CCN(c3ccccn3)CC2)cc1)C(=O)C=Cc1ccc(C(F)(F)F)cc1)N1CCN(Cc2ccccc2)CC1. The van der Waals surface area contributed by atoms with E-state index >= 15 is 0 Å². The van der Waals surface area contributed by atoms with Gasteiger partial charge in [0.25, 0.3) is 0 Å². The van der Waals surface area contributed by atoms with Gasteiger partial charge in [-0.1, -0.05) is 66.7 Å². The van der Waals surface area contributed by atoms with Crippen molar-refractivity contribution >= 4 is 29.4 Å². The number of alkyl halides is 3. The Morgan fingerprint density at radius 1 is 0.695 bits per heavy atom. The van der Waals surface area contributed by atoms with Crippen LogP contribution in [0, 0.1) is 11.6 Å². The second-order valence-corrected chi connectivity index (χ2v) is 14.8. The molecule has 8 nitrogen and oxygen atoms in total. The van der Waals surface area contributed by atoms with Crippen molar-refractivity contribution < 1.29 is 31.5 Å². The van der Waals surface area contributed by atoms with E-state index in [9.17, 15) is 31.5 Å². The number of carbonyl (C=O) groups is 2. The van der Waals surface area contributed by atoms with E-state index in [0.29, 0.717) is 37.3 Å².